The third kappa shape index (κ3) is 13.4. The Hall–Kier alpha value is -3.54. The number of Topliss-reactive ketones (excluding diaryl/α,β-unsaturated/α-hetero) is 1. The van der Waals surface area contributed by atoms with E-state index in [-0.39, 0.29) is 17.8 Å². The first-order valence-corrected chi connectivity index (χ1v) is 12.5. The van der Waals surface area contributed by atoms with Gasteiger partial charge in [-0.05, 0) is 75.6 Å². The summed E-state index contributed by atoms with van der Waals surface area (Å²) >= 11 is 0. The van der Waals surface area contributed by atoms with Gasteiger partial charge in [0, 0.05) is 19.3 Å². The van der Waals surface area contributed by atoms with Crippen LogP contribution < -0.4 is 14.2 Å². The highest BCUT2D eigenvalue weighted by atomic mass is 16.5. The molecular formula is C31H44O6. The minimum absolute atomic E-state index is 0.0381. The van der Waals surface area contributed by atoms with Crippen molar-refractivity contribution in [3.63, 3.8) is 0 Å². The Morgan fingerprint density at radius 3 is 2.14 bits per heavy atom. The molecule has 1 unspecified atom stereocenters. The van der Waals surface area contributed by atoms with Gasteiger partial charge in [0.1, 0.15) is 17.2 Å². The Labute approximate surface area is 223 Å². The third-order valence-electron chi connectivity index (χ3n) is 5.37. The SMILES string of the molecule is C/C=C\C.C=CC(C)C(=O)c1cc(OC)ccc1O[C@H](C)CCOc1ccc(CC)c(C)c1.CC(=O)O. The molecule has 0 aromatic heterocycles. The summed E-state index contributed by atoms with van der Waals surface area (Å²) in [6.45, 7) is 17.4. The van der Waals surface area contributed by atoms with Crippen molar-refractivity contribution < 1.29 is 28.9 Å². The molecule has 2 aromatic rings. The standard InChI is InChI=1S/C25H32O4.C4H8.C2H4O2/c1-7-17(3)25(26)23-16-21(27-6)11-12-24(23)29-19(5)13-14-28-22-10-9-20(8-2)18(4)15-22;1-3-4-2;1-2(3)4/h7,9-12,15-17,19H,1,8,13-14H2,2-6H3;3-4H,1-2H3;1H3,(H,3,4)/b;4-3-;/t17?,19-;;/m1../s1. The molecule has 1 N–H and O–H groups in total. The predicted molar refractivity (Wildman–Crippen MR) is 151 cm³/mol. The van der Waals surface area contributed by atoms with Crippen molar-refractivity contribution in [1.82, 2.24) is 0 Å². The van der Waals surface area contributed by atoms with Gasteiger partial charge < -0.3 is 19.3 Å². The maximum atomic E-state index is 12.7. The topological polar surface area (TPSA) is 82.1 Å². The Balaban J connectivity index is 0.00000142. The van der Waals surface area contributed by atoms with Crippen LogP contribution in [0.4, 0.5) is 0 Å². The number of aryl methyl sites for hydroxylation is 2. The van der Waals surface area contributed by atoms with Crippen LogP contribution in [-0.4, -0.2) is 36.7 Å². The first-order chi connectivity index (χ1) is 17.5. The molecule has 0 aliphatic heterocycles. The number of carbonyl (C=O) groups is 2. The summed E-state index contributed by atoms with van der Waals surface area (Å²) in [5.41, 5.74) is 3.09. The number of rotatable bonds is 11. The fraction of sp³-hybridized carbons (Fsp3) is 0.419. The Morgan fingerprint density at radius 2 is 1.65 bits per heavy atom. The van der Waals surface area contributed by atoms with Gasteiger partial charge in [-0.25, -0.2) is 0 Å². The Bertz CT molecular complexity index is 1000. The van der Waals surface area contributed by atoms with Crippen LogP contribution in [0.25, 0.3) is 0 Å². The third-order valence-corrected chi connectivity index (χ3v) is 5.37. The summed E-state index contributed by atoms with van der Waals surface area (Å²) in [4.78, 5) is 21.7. The quantitative estimate of drug-likeness (QED) is 0.248. The molecule has 6 heteroatoms. The molecule has 0 radical (unpaired) electrons. The number of allylic oxidation sites excluding steroid dienone is 3. The second-order valence-electron chi connectivity index (χ2n) is 8.44. The van der Waals surface area contributed by atoms with Gasteiger partial charge in [-0.3, -0.25) is 9.59 Å². The second kappa shape index (κ2) is 18.7. The lowest BCUT2D eigenvalue weighted by Gasteiger charge is -2.19. The van der Waals surface area contributed by atoms with Crippen molar-refractivity contribution in [2.75, 3.05) is 13.7 Å². The van der Waals surface area contributed by atoms with Crippen LogP contribution in [0.5, 0.6) is 17.2 Å². The van der Waals surface area contributed by atoms with Crippen molar-refractivity contribution in [2.24, 2.45) is 5.92 Å². The summed E-state index contributed by atoms with van der Waals surface area (Å²) in [7, 11) is 1.58. The average Bonchev–Trinajstić information content (AvgIpc) is 2.88. The fourth-order valence-electron chi connectivity index (χ4n) is 3.06. The molecule has 37 heavy (non-hydrogen) atoms. The highest BCUT2D eigenvalue weighted by Crippen LogP contribution is 2.28. The molecule has 0 spiro atoms. The van der Waals surface area contributed by atoms with E-state index in [0.717, 1.165) is 19.1 Å². The van der Waals surface area contributed by atoms with E-state index in [4.69, 9.17) is 24.1 Å². The van der Waals surface area contributed by atoms with E-state index in [0.29, 0.717) is 30.1 Å². The van der Waals surface area contributed by atoms with Gasteiger partial charge in [0.25, 0.3) is 5.97 Å². The molecule has 2 aromatic carbocycles. The van der Waals surface area contributed by atoms with Crippen LogP contribution in [0, 0.1) is 12.8 Å². The van der Waals surface area contributed by atoms with Gasteiger partial charge in [0.2, 0.25) is 0 Å². The lowest BCUT2D eigenvalue weighted by atomic mass is 9.98. The highest BCUT2D eigenvalue weighted by molar-refractivity contribution is 6.01. The van der Waals surface area contributed by atoms with E-state index in [1.165, 1.54) is 11.1 Å². The Kier molecular flexibility index (Phi) is 16.9. The zero-order chi connectivity index (χ0) is 28.4. The van der Waals surface area contributed by atoms with E-state index in [1.807, 2.05) is 45.9 Å². The highest BCUT2D eigenvalue weighted by Gasteiger charge is 2.19. The van der Waals surface area contributed by atoms with E-state index >= 15 is 0 Å². The molecular weight excluding hydrogens is 468 g/mol. The van der Waals surface area contributed by atoms with Crippen molar-refractivity contribution in [2.45, 2.75) is 67.4 Å². The zero-order valence-electron chi connectivity index (χ0n) is 23.7. The van der Waals surface area contributed by atoms with Crippen LogP contribution in [0.15, 0.2) is 61.2 Å². The smallest absolute Gasteiger partial charge is 0.300 e. The number of methoxy groups -OCH3 is 1. The molecule has 0 aliphatic rings. The zero-order valence-corrected chi connectivity index (χ0v) is 23.7. The number of carbonyl (C=O) groups excluding carboxylic acids is 1. The predicted octanol–water partition coefficient (Wildman–Crippen LogP) is 7.48. The molecule has 0 saturated carbocycles. The number of benzene rings is 2. The summed E-state index contributed by atoms with van der Waals surface area (Å²) < 4.78 is 17.2. The lowest BCUT2D eigenvalue weighted by Crippen LogP contribution is -2.18. The molecule has 0 saturated heterocycles. The number of carboxylic acids is 1. The molecule has 2 rings (SSSR count). The number of ether oxygens (including phenoxy) is 3. The van der Waals surface area contributed by atoms with E-state index in [2.05, 4.69) is 32.6 Å². The number of carboxylic acid groups (broad SMARTS) is 1. The first-order valence-electron chi connectivity index (χ1n) is 12.5. The number of aliphatic carboxylic acids is 1. The van der Waals surface area contributed by atoms with Gasteiger partial charge in [0.15, 0.2) is 5.78 Å². The summed E-state index contributed by atoms with van der Waals surface area (Å²) in [6.07, 6.45) is 7.24. The molecule has 0 heterocycles. The maximum absolute atomic E-state index is 12.7. The normalized spacial score (nSPS) is 11.7. The number of hydrogen-bond acceptors (Lipinski definition) is 5. The first kappa shape index (κ1) is 33.5. The van der Waals surface area contributed by atoms with Crippen LogP contribution in [-0.2, 0) is 11.2 Å². The number of hydrogen-bond donors (Lipinski definition) is 1. The largest absolute Gasteiger partial charge is 0.497 e. The molecule has 0 bridgehead atoms. The molecule has 6 nitrogen and oxygen atoms in total. The van der Waals surface area contributed by atoms with Crippen molar-refractivity contribution in [1.29, 1.82) is 0 Å². The molecule has 0 aliphatic carbocycles. The minimum atomic E-state index is -0.833. The Morgan fingerprint density at radius 1 is 1.05 bits per heavy atom. The van der Waals surface area contributed by atoms with Crippen molar-refractivity contribution in [3.05, 3.63) is 77.9 Å². The molecule has 2 atom stereocenters. The maximum Gasteiger partial charge on any atom is 0.300 e. The molecule has 0 fully saturated rings. The van der Waals surface area contributed by atoms with Crippen LogP contribution in [0.2, 0.25) is 0 Å². The lowest BCUT2D eigenvalue weighted by molar-refractivity contribution is -0.134. The fourth-order valence-corrected chi connectivity index (χ4v) is 3.06. The van der Waals surface area contributed by atoms with Crippen LogP contribution in [0.3, 0.4) is 0 Å². The van der Waals surface area contributed by atoms with E-state index in [9.17, 15) is 4.79 Å². The molecule has 0 amide bonds. The van der Waals surface area contributed by atoms with Crippen molar-refractivity contribution in [3.8, 4) is 17.2 Å². The van der Waals surface area contributed by atoms with Gasteiger partial charge in [-0.1, -0.05) is 38.1 Å². The van der Waals surface area contributed by atoms with Gasteiger partial charge in [-0.15, -0.1) is 6.58 Å². The van der Waals surface area contributed by atoms with Gasteiger partial charge in [-0.2, -0.15) is 0 Å². The monoisotopic (exact) mass is 512 g/mol. The summed E-state index contributed by atoms with van der Waals surface area (Å²) in [6, 6.07) is 11.5. The average molecular weight is 513 g/mol. The van der Waals surface area contributed by atoms with E-state index in [1.54, 1.807) is 31.4 Å². The summed E-state index contributed by atoms with van der Waals surface area (Å²) in [5, 5.41) is 7.42. The minimum Gasteiger partial charge on any atom is -0.497 e. The van der Waals surface area contributed by atoms with Crippen molar-refractivity contribution >= 4 is 11.8 Å². The van der Waals surface area contributed by atoms with Crippen LogP contribution in [0.1, 0.15) is 69.4 Å². The van der Waals surface area contributed by atoms with Crippen LogP contribution >= 0.6 is 0 Å². The number of ketones is 1. The van der Waals surface area contributed by atoms with Gasteiger partial charge in [0.05, 0.1) is 25.4 Å². The molecule has 204 valence electrons. The summed E-state index contributed by atoms with van der Waals surface area (Å²) in [5.74, 6) is 0.882. The van der Waals surface area contributed by atoms with E-state index < -0.39 is 5.97 Å². The van der Waals surface area contributed by atoms with Gasteiger partial charge >= 0.3 is 0 Å². The second-order valence-corrected chi connectivity index (χ2v) is 8.44.